The zero-order chi connectivity index (χ0) is 29.0. The van der Waals surface area contributed by atoms with Crippen molar-refractivity contribution >= 4 is 23.4 Å². The van der Waals surface area contributed by atoms with E-state index < -0.39 is 35.7 Å². The standard InChI is InChI=1S/C33H37N3O6/c1-19-14-20(2)16-22(15-19)35-30(37)27-26-12-13-33(42-26)28(27)32(39)36(29(33)31(38)34-21-8-4-3-5-9-21)17-23-18-40-24-10-6-7-11-25(24)41-23/h6-7,10-16,21,23,26-29H,3-5,8-9,17-18H2,1-2H3,(H,34,38)(H,35,37)/t23-,26-,27+,28-,29-,33-/m1/s1. The van der Waals surface area contributed by atoms with Gasteiger partial charge >= 0.3 is 0 Å². The Labute approximate surface area is 245 Å². The maximum Gasteiger partial charge on any atom is 0.246 e. The van der Waals surface area contributed by atoms with Crippen LogP contribution in [0.5, 0.6) is 11.5 Å². The first kappa shape index (κ1) is 27.0. The summed E-state index contributed by atoms with van der Waals surface area (Å²) in [7, 11) is 0. The van der Waals surface area contributed by atoms with Crippen molar-refractivity contribution in [3.8, 4) is 11.5 Å². The Bertz CT molecular complexity index is 1430. The molecule has 0 radical (unpaired) electrons. The molecule has 4 aliphatic heterocycles. The number of benzene rings is 2. The smallest absolute Gasteiger partial charge is 0.246 e. The topological polar surface area (TPSA) is 106 Å². The minimum atomic E-state index is -1.22. The van der Waals surface area contributed by atoms with Gasteiger partial charge in [-0.2, -0.15) is 0 Å². The Morgan fingerprint density at radius 1 is 1.00 bits per heavy atom. The molecule has 6 atom stereocenters. The molecule has 2 aromatic rings. The summed E-state index contributed by atoms with van der Waals surface area (Å²) in [5, 5.41) is 6.26. The van der Waals surface area contributed by atoms with Crippen LogP contribution in [0.2, 0.25) is 0 Å². The molecule has 42 heavy (non-hydrogen) atoms. The van der Waals surface area contributed by atoms with E-state index in [1.807, 2.05) is 68.5 Å². The summed E-state index contributed by atoms with van der Waals surface area (Å²) < 4.78 is 18.6. The van der Waals surface area contributed by atoms with Crippen molar-refractivity contribution in [3.63, 3.8) is 0 Å². The molecule has 3 fully saturated rings. The van der Waals surface area contributed by atoms with Crippen molar-refractivity contribution < 1.29 is 28.6 Å². The number of aryl methyl sites for hydroxylation is 2. The third-order valence-electron chi connectivity index (χ3n) is 9.33. The molecule has 3 amide bonds. The summed E-state index contributed by atoms with van der Waals surface area (Å²) >= 11 is 0. The minimum Gasteiger partial charge on any atom is -0.486 e. The molecule has 2 aromatic carbocycles. The number of rotatable bonds is 6. The van der Waals surface area contributed by atoms with Crippen LogP contribution in [-0.4, -0.2) is 65.7 Å². The van der Waals surface area contributed by atoms with E-state index in [-0.39, 0.29) is 36.9 Å². The van der Waals surface area contributed by atoms with E-state index in [1.54, 1.807) is 4.90 Å². The number of hydrogen-bond donors (Lipinski definition) is 2. The zero-order valence-electron chi connectivity index (χ0n) is 24.0. The number of carbonyl (C=O) groups is 3. The summed E-state index contributed by atoms with van der Waals surface area (Å²) in [6.45, 7) is 4.33. The van der Waals surface area contributed by atoms with Gasteiger partial charge < -0.3 is 29.7 Å². The molecule has 4 heterocycles. The van der Waals surface area contributed by atoms with Crippen LogP contribution in [0.4, 0.5) is 5.69 Å². The van der Waals surface area contributed by atoms with Gasteiger partial charge in [-0.3, -0.25) is 14.4 Å². The molecule has 0 unspecified atom stereocenters. The third kappa shape index (κ3) is 4.54. The van der Waals surface area contributed by atoms with Crippen molar-refractivity contribution in [2.45, 2.75) is 75.8 Å². The van der Waals surface area contributed by atoms with E-state index in [0.29, 0.717) is 17.2 Å². The molecule has 7 rings (SSSR count). The van der Waals surface area contributed by atoms with Gasteiger partial charge in [0.15, 0.2) is 17.6 Å². The second-order valence-corrected chi connectivity index (χ2v) is 12.4. The van der Waals surface area contributed by atoms with E-state index in [4.69, 9.17) is 14.2 Å². The summed E-state index contributed by atoms with van der Waals surface area (Å²) in [5.41, 5.74) is 1.52. The van der Waals surface area contributed by atoms with Crippen LogP contribution in [-0.2, 0) is 19.1 Å². The summed E-state index contributed by atoms with van der Waals surface area (Å²) in [6.07, 6.45) is 7.76. The van der Waals surface area contributed by atoms with Gasteiger partial charge in [0.05, 0.1) is 24.5 Å². The molecule has 0 aromatic heterocycles. The number of fused-ring (bicyclic) bond motifs is 2. The van der Waals surface area contributed by atoms with Gasteiger partial charge in [-0.15, -0.1) is 0 Å². The van der Waals surface area contributed by atoms with Gasteiger partial charge in [0.25, 0.3) is 0 Å². The fourth-order valence-corrected chi connectivity index (χ4v) is 7.64. The van der Waals surface area contributed by atoms with Crippen molar-refractivity contribution in [1.29, 1.82) is 0 Å². The molecule has 1 aliphatic carbocycles. The van der Waals surface area contributed by atoms with Crippen LogP contribution in [0, 0.1) is 25.7 Å². The third-order valence-corrected chi connectivity index (χ3v) is 9.33. The quantitative estimate of drug-likeness (QED) is 0.513. The van der Waals surface area contributed by atoms with Gasteiger partial charge in [0.1, 0.15) is 18.2 Å². The number of carbonyl (C=O) groups excluding carboxylic acids is 3. The normalized spacial score (nSPS) is 31.2. The number of para-hydroxylation sites is 2. The largest absolute Gasteiger partial charge is 0.486 e. The van der Waals surface area contributed by atoms with Crippen molar-refractivity contribution in [1.82, 2.24) is 10.2 Å². The van der Waals surface area contributed by atoms with Gasteiger partial charge in [0.2, 0.25) is 17.7 Å². The van der Waals surface area contributed by atoms with Crippen molar-refractivity contribution in [2.75, 3.05) is 18.5 Å². The highest BCUT2D eigenvalue weighted by atomic mass is 16.6. The molecule has 1 saturated carbocycles. The average Bonchev–Trinajstić information content (AvgIpc) is 3.60. The van der Waals surface area contributed by atoms with E-state index in [0.717, 1.165) is 43.2 Å². The first-order valence-corrected chi connectivity index (χ1v) is 15.1. The number of nitrogens with zero attached hydrogens (tertiary/aromatic N) is 1. The van der Waals surface area contributed by atoms with Crippen LogP contribution < -0.4 is 20.1 Å². The van der Waals surface area contributed by atoms with Crippen LogP contribution in [0.15, 0.2) is 54.6 Å². The lowest BCUT2D eigenvalue weighted by Gasteiger charge is -2.36. The van der Waals surface area contributed by atoms with Gasteiger partial charge in [-0.1, -0.05) is 49.6 Å². The SMILES string of the molecule is Cc1cc(C)cc(NC(=O)[C@H]2[C@H]3C=C[C@@]4(O3)[C@H]2C(=O)N(C[C@@H]2COc3ccccc3O2)[C@@H]4C(=O)NC2CCCCC2)c1. The molecular weight excluding hydrogens is 534 g/mol. The van der Waals surface area contributed by atoms with Crippen molar-refractivity contribution in [3.05, 3.63) is 65.7 Å². The van der Waals surface area contributed by atoms with Gasteiger partial charge in [-0.25, -0.2) is 0 Å². The second kappa shape index (κ2) is 10.5. The molecule has 2 bridgehead atoms. The fraction of sp³-hybridized carbons (Fsp3) is 0.485. The Balaban J connectivity index is 1.19. The molecule has 220 valence electrons. The molecule has 9 nitrogen and oxygen atoms in total. The number of ether oxygens (including phenoxy) is 3. The highest BCUT2D eigenvalue weighted by molar-refractivity contribution is 6.02. The monoisotopic (exact) mass is 571 g/mol. The number of anilines is 1. The number of hydrogen-bond acceptors (Lipinski definition) is 6. The minimum absolute atomic E-state index is 0.0611. The zero-order valence-corrected chi connectivity index (χ0v) is 24.0. The predicted molar refractivity (Wildman–Crippen MR) is 155 cm³/mol. The number of amides is 3. The highest BCUT2D eigenvalue weighted by Gasteiger charge is 2.73. The Kier molecular flexibility index (Phi) is 6.72. The van der Waals surface area contributed by atoms with Crippen LogP contribution >= 0.6 is 0 Å². The molecule has 1 spiro atoms. The average molecular weight is 572 g/mol. The molecule has 5 aliphatic rings. The Morgan fingerprint density at radius 3 is 2.50 bits per heavy atom. The predicted octanol–water partition coefficient (Wildman–Crippen LogP) is 3.68. The lowest BCUT2D eigenvalue weighted by molar-refractivity contribution is -0.143. The van der Waals surface area contributed by atoms with E-state index in [2.05, 4.69) is 10.6 Å². The first-order chi connectivity index (χ1) is 20.3. The molecule has 2 saturated heterocycles. The summed E-state index contributed by atoms with van der Waals surface area (Å²) in [5.74, 6) is -1.13. The lowest BCUT2D eigenvalue weighted by Crippen LogP contribution is -2.58. The van der Waals surface area contributed by atoms with Crippen LogP contribution in [0.1, 0.15) is 43.2 Å². The maximum absolute atomic E-state index is 14.3. The van der Waals surface area contributed by atoms with E-state index >= 15 is 0 Å². The number of nitrogens with one attached hydrogen (secondary N) is 2. The maximum atomic E-state index is 14.3. The lowest BCUT2D eigenvalue weighted by atomic mass is 9.74. The van der Waals surface area contributed by atoms with E-state index in [1.165, 1.54) is 0 Å². The fourth-order valence-electron chi connectivity index (χ4n) is 7.64. The summed E-state index contributed by atoms with van der Waals surface area (Å²) in [4.78, 5) is 43.8. The summed E-state index contributed by atoms with van der Waals surface area (Å²) in [6, 6.07) is 12.4. The van der Waals surface area contributed by atoms with E-state index in [9.17, 15) is 14.4 Å². The van der Waals surface area contributed by atoms with Crippen LogP contribution in [0.3, 0.4) is 0 Å². The van der Waals surface area contributed by atoms with Crippen LogP contribution in [0.25, 0.3) is 0 Å². The van der Waals surface area contributed by atoms with Gasteiger partial charge in [-0.05, 0) is 62.1 Å². The van der Waals surface area contributed by atoms with Gasteiger partial charge in [0, 0.05) is 11.7 Å². The second-order valence-electron chi connectivity index (χ2n) is 12.4. The Morgan fingerprint density at radius 2 is 1.74 bits per heavy atom. The van der Waals surface area contributed by atoms with Crippen molar-refractivity contribution in [2.24, 2.45) is 11.8 Å². The molecule has 9 heteroatoms. The first-order valence-electron chi connectivity index (χ1n) is 15.1. The number of likely N-dealkylation sites (tertiary alicyclic amines) is 1. The Hall–Kier alpha value is -3.85. The molecule has 2 N–H and O–H groups in total. The molecular formula is C33H37N3O6. The highest BCUT2D eigenvalue weighted by Crippen LogP contribution is 2.55.